The molecule has 0 radical (unpaired) electrons. The van der Waals surface area contributed by atoms with Crippen LogP contribution in [-0.2, 0) is 35.4 Å². The van der Waals surface area contributed by atoms with Crippen molar-refractivity contribution in [3.8, 4) is 0 Å². The highest BCUT2D eigenvalue weighted by Crippen LogP contribution is 2.34. The number of ether oxygens (including phenoxy) is 2. The van der Waals surface area contributed by atoms with Crippen molar-refractivity contribution in [2.24, 2.45) is 5.41 Å². The molecule has 148 valence electrons. The molecule has 0 atom stereocenters. The number of pyridine rings is 1. The lowest BCUT2D eigenvalue weighted by molar-refractivity contribution is -0.284. The molecular formula is C21H32N4O2. The third-order valence-electron chi connectivity index (χ3n) is 5.72. The second-order valence-electron chi connectivity index (χ2n) is 8.85. The smallest absolute Gasteiger partial charge is 0.162 e. The summed E-state index contributed by atoms with van der Waals surface area (Å²) in [6.07, 6.45) is 6.28. The molecule has 27 heavy (non-hydrogen) atoms. The fourth-order valence-electron chi connectivity index (χ4n) is 4.06. The standard InChI is InChI=1S/C21H32N4O2/c1-5-6-7-18-24-17-11-23-16-10-22-9-8-15(16)19(17)25(18)12-21(4)13-26-20(2,3)27-14-21/h11,22H,5-10,12-14H2,1-4H3. The Kier molecular flexibility index (Phi) is 4.99. The highest BCUT2D eigenvalue weighted by Gasteiger charge is 2.38. The van der Waals surface area contributed by atoms with Crippen molar-refractivity contribution < 1.29 is 9.47 Å². The average molecular weight is 373 g/mol. The maximum atomic E-state index is 6.00. The van der Waals surface area contributed by atoms with Gasteiger partial charge >= 0.3 is 0 Å². The molecule has 6 heteroatoms. The first-order valence-electron chi connectivity index (χ1n) is 10.3. The third kappa shape index (κ3) is 3.75. The lowest BCUT2D eigenvalue weighted by atomic mass is 9.91. The number of aryl methyl sites for hydroxylation is 1. The van der Waals surface area contributed by atoms with E-state index in [1.54, 1.807) is 0 Å². The van der Waals surface area contributed by atoms with Gasteiger partial charge in [-0.1, -0.05) is 20.3 Å². The van der Waals surface area contributed by atoms with E-state index >= 15 is 0 Å². The van der Waals surface area contributed by atoms with Crippen LogP contribution in [0, 0.1) is 5.41 Å². The fraction of sp³-hybridized carbons (Fsp3) is 0.714. The lowest BCUT2D eigenvalue weighted by Gasteiger charge is -2.41. The summed E-state index contributed by atoms with van der Waals surface area (Å²) in [6, 6.07) is 0. The molecule has 2 aliphatic heterocycles. The molecule has 0 bridgehead atoms. The number of nitrogens with zero attached hydrogens (tertiary/aromatic N) is 3. The van der Waals surface area contributed by atoms with Crippen LogP contribution in [-0.4, -0.2) is 40.1 Å². The number of hydrogen-bond acceptors (Lipinski definition) is 5. The summed E-state index contributed by atoms with van der Waals surface area (Å²) in [6.45, 7) is 12.6. The van der Waals surface area contributed by atoms with Gasteiger partial charge in [0.25, 0.3) is 0 Å². The Balaban J connectivity index is 1.74. The maximum Gasteiger partial charge on any atom is 0.162 e. The largest absolute Gasteiger partial charge is 0.350 e. The van der Waals surface area contributed by atoms with Gasteiger partial charge in [0.2, 0.25) is 0 Å². The van der Waals surface area contributed by atoms with Gasteiger partial charge in [-0.15, -0.1) is 0 Å². The minimum Gasteiger partial charge on any atom is -0.350 e. The summed E-state index contributed by atoms with van der Waals surface area (Å²) in [7, 11) is 0. The first kappa shape index (κ1) is 18.8. The topological polar surface area (TPSA) is 61.2 Å². The molecule has 2 aromatic heterocycles. The number of imidazole rings is 1. The van der Waals surface area contributed by atoms with Gasteiger partial charge in [-0.2, -0.15) is 0 Å². The maximum absolute atomic E-state index is 6.00. The van der Waals surface area contributed by atoms with E-state index in [4.69, 9.17) is 14.5 Å². The van der Waals surface area contributed by atoms with E-state index < -0.39 is 5.79 Å². The zero-order valence-electron chi connectivity index (χ0n) is 17.1. The van der Waals surface area contributed by atoms with Crippen LogP contribution < -0.4 is 5.32 Å². The molecule has 1 fully saturated rings. The Morgan fingerprint density at radius 3 is 2.74 bits per heavy atom. The van der Waals surface area contributed by atoms with E-state index in [-0.39, 0.29) is 5.41 Å². The summed E-state index contributed by atoms with van der Waals surface area (Å²) in [4.78, 5) is 9.66. The predicted octanol–water partition coefficient (Wildman–Crippen LogP) is 3.21. The molecule has 0 unspecified atom stereocenters. The average Bonchev–Trinajstić information content (AvgIpc) is 3.00. The molecule has 2 aromatic rings. The van der Waals surface area contributed by atoms with Crippen LogP contribution in [0.2, 0.25) is 0 Å². The van der Waals surface area contributed by atoms with E-state index in [2.05, 4.69) is 28.7 Å². The van der Waals surface area contributed by atoms with Crippen molar-refractivity contribution in [1.29, 1.82) is 0 Å². The molecule has 1 saturated heterocycles. The number of nitrogens with one attached hydrogen (secondary N) is 1. The quantitative estimate of drug-likeness (QED) is 0.873. The molecule has 2 aliphatic rings. The van der Waals surface area contributed by atoms with E-state index in [1.807, 2.05) is 20.0 Å². The van der Waals surface area contributed by atoms with Crippen molar-refractivity contribution in [2.75, 3.05) is 19.8 Å². The van der Waals surface area contributed by atoms with E-state index in [0.717, 1.165) is 44.4 Å². The van der Waals surface area contributed by atoms with Crippen LogP contribution in [0.4, 0.5) is 0 Å². The highest BCUT2D eigenvalue weighted by molar-refractivity contribution is 5.80. The molecule has 4 rings (SSSR count). The summed E-state index contributed by atoms with van der Waals surface area (Å²) in [5.41, 5.74) is 4.78. The van der Waals surface area contributed by atoms with Crippen molar-refractivity contribution in [2.45, 2.75) is 72.3 Å². The first-order valence-corrected chi connectivity index (χ1v) is 10.3. The zero-order chi connectivity index (χ0) is 19.1. The Morgan fingerprint density at radius 2 is 2.00 bits per heavy atom. The normalized spacial score (nSPS) is 21.3. The first-order chi connectivity index (χ1) is 12.9. The van der Waals surface area contributed by atoms with Gasteiger partial charge < -0.3 is 19.4 Å². The summed E-state index contributed by atoms with van der Waals surface area (Å²) in [5.74, 6) is 0.683. The third-order valence-corrected chi connectivity index (χ3v) is 5.72. The van der Waals surface area contributed by atoms with Crippen LogP contribution in [0.25, 0.3) is 11.0 Å². The van der Waals surface area contributed by atoms with Crippen molar-refractivity contribution >= 4 is 11.0 Å². The molecule has 0 saturated carbocycles. The van der Waals surface area contributed by atoms with E-state index in [0.29, 0.717) is 13.2 Å². The molecule has 0 spiro atoms. The van der Waals surface area contributed by atoms with Gasteiger partial charge in [0, 0.05) is 30.5 Å². The molecule has 4 heterocycles. The van der Waals surface area contributed by atoms with Crippen LogP contribution in [0.3, 0.4) is 0 Å². The lowest BCUT2D eigenvalue weighted by Crippen LogP contribution is -2.47. The summed E-state index contributed by atoms with van der Waals surface area (Å²) < 4.78 is 14.4. The van der Waals surface area contributed by atoms with Gasteiger partial charge in [0.05, 0.1) is 30.6 Å². The molecule has 0 amide bonds. The number of fused-ring (bicyclic) bond motifs is 3. The number of unbranched alkanes of at least 4 members (excludes halogenated alkanes) is 1. The van der Waals surface area contributed by atoms with Gasteiger partial charge in [-0.3, -0.25) is 4.98 Å². The number of hydrogen-bond donors (Lipinski definition) is 1. The van der Waals surface area contributed by atoms with Crippen LogP contribution in [0.1, 0.15) is 57.6 Å². The molecule has 6 nitrogen and oxygen atoms in total. The predicted molar refractivity (Wildman–Crippen MR) is 106 cm³/mol. The number of rotatable bonds is 5. The minimum absolute atomic E-state index is 0.0623. The Bertz CT molecular complexity index is 817. The second kappa shape index (κ2) is 7.15. The summed E-state index contributed by atoms with van der Waals surface area (Å²) >= 11 is 0. The minimum atomic E-state index is -0.490. The molecular weight excluding hydrogens is 340 g/mol. The fourth-order valence-corrected chi connectivity index (χ4v) is 4.06. The van der Waals surface area contributed by atoms with Gasteiger partial charge in [0.1, 0.15) is 11.3 Å². The Hall–Kier alpha value is -1.50. The summed E-state index contributed by atoms with van der Waals surface area (Å²) in [5, 5.41) is 3.43. The highest BCUT2D eigenvalue weighted by atomic mass is 16.7. The van der Waals surface area contributed by atoms with Crippen molar-refractivity contribution in [1.82, 2.24) is 19.9 Å². The molecule has 0 aliphatic carbocycles. The Morgan fingerprint density at radius 1 is 1.22 bits per heavy atom. The Labute approximate surface area is 161 Å². The second-order valence-corrected chi connectivity index (χ2v) is 8.85. The van der Waals surface area contributed by atoms with Gasteiger partial charge in [-0.25, -0.2) is 4.98 Å². The zero-order valence-corrected chi connectivity index (χ0v) is 17.1. The monoisotopic (exact) mass is 372 g/mol. The van der Waals surface area contributed by atoms with E-state index in [1.165, 1.54) is 29.0 Å². The van der Waals surface area contributed by atoms with Gasteiger partial charge in [0.15, 0.2) is 5.79 Å². The van der Waals surface area contributed by atoms with Crippen LogP contribution in [0.15, 0.2) is 6.20 Å². The van der Waals surface area contributed by atoms with Gasteiger partial charge in [-0.05, 0) is 33.2 Å². The van der Waals surface area contributed by atoms with Crippen LogP contribution >= 0.6 is 0 Å². The molecule has 1 N–H and O–H groups in total. The van der Waals surface area contributed by atoms with Crippen molar-refractivity contribution in [3.05, 3.63) is 23.3 Å². The van der Waals surface area contributed by atoms with Crippen molar-refractivity contribution in [3.63, 3.8) is 0 Å². The number of aromatic nitrogens is 3. The van der Waals surface area contributed by atoms with E-state index in [9.17, 15) is 0 Å². The molecule has 0 aromatic carbocycles. The van der Waals surface area contributed by atoms with Crippen LogP contribution in [0.5, 0.6) is 0 Å². The SMILES string of the molecule is CCCCc1nc2cnc3c(c2n1CC1(C)COC(C)(C)OC1)CCNC3.